The van der Waals surface area contributed by atoms with Gasteiger partial charge in [-0.3, -0.25) is 18.7 Å². The van der Waals surface area contributed by atoms with Crippen LogP contribution in [-0.2, 0) is 42.0 Å². The van der Waals surface area contributed by atoms with E-state index in [-0.39, 0.29) is 25.3 Å². The second-order valence-corrected chi connectivity index (χ2v) is 8.67. The van der Waals surface area contributed by atoms with Crippen LogP contribution in [0.1, 0.15) is 22.9 Å². The zero-order chi connectivity index (χ0) is 22.8. The van der Waals surface area contributed by atoms with Crippen LogP contribution in [0.4, 0.5) is 4.79 Å². The molecule has 0 fully saturated rings. The molecular weight excluding hydrogens is 432 g/mol. The summed E-state index contributed by atoms with van der Waals surface area (Å²) in [5, 5.41) is 0.433. The van der Waals surface area contributed by atoms with Crippen LogP contribution in [0.3, 0.4) is 0 Å². The molecule has 2 aromatic heterocycles. The number of amides is 2. The maximum absolute atomic E-state index is 13.4. The van der Waals surface area contributed by atoms with E-state index in [0.29, 0.717) is 36.1 Å². The summed E-state index contributed by atoms with van der Waals surface area (Å²) in [7, 11) is 0. The number of primary amides is 1. The Morgan fingerprint density at radius 3 is 2.59 bits per heavy atom. The highest BCUT2D eigenvalue weighted by molar-refractivity contribution is 7.18. The van der Waals surface area contributed by atoms with E-state index in [1.54, 1.807) is 11.8 Å². The Bertz CT molecular complexity index is 1290. The fourth-order valence-corrected chi connectivity index (χ4v) is 5.35. The van der Waals surface area contributed by atoms with Crippen molar-refractivity contribution in [3.8, 4) is 0 Å². The van der Waals surface area contributed by atoms with Gasteiger partial charge >= 0.3 is 11.8 Å². The van der Waals surface area contributed by atoms with Crippen LogP contribution in [0.25, 0.3) is 10.2 Å². The van der Waals surface area contributed by atoms with Gasteiger partial charge in [-0.05, 0) is 30.9 Å². The molecule has 0 bridgehead atoms. The molecule has 3 aromatic rings. The first kappa shape index (κ1) is 21.8. The fraction of sp³-hybridized carbons (Fsp3) is 0.364. The van der Waals surface area contributed by atoms with E-state index in [0.717, 1.165) is 16.0 Å². The van der Waals surface area contributed by atoms with E-state index in [1.165, 1.54) is 20.5 Å². The van der Waals surface area contributed by atoms with Crippen molar-refractivity contribution in [3.63, 3.8) is 0 Å². The predicted molar refractivity (Wildman–Crippen MR) is 121 cm³/mol. The lowest BCUT2D eigenvalue weighted by Crippen LogP contribution is -2.42. The highest BCUT2D eigenvalue weighted by Gasteiger charge is 2.29. The molecule has 2 N–H and O–H groups in total. The maximum atomic E-state index is 13.4. The summed E-state index contributed by atoms with van der Waals surface area (Å²) in [6.45, 7) is 2.60. The van der Waals surface area contributed by atoms with Crippen molar-refractivity contribution in [2.75, 3.05) is 13.2 Å². The van der Waals surface area contributed by atoms with Crippen LogP contribution in [0, 0.1) is 0 Å². The van der Waals surface area contributed by atoms with Crippen LogP contribution in [0.2, 0.25) is 0 Å². The Morgan fingerprint density at radius 1 is 1.16 bits per heavy atom. The van der Waals surface area contributed by atoms with Crippen LogP contribution in [-0.4, -0.2) is 39.2 Å². The average Bonchev–Trinajstić information content (AvgIpc) is 3.16. The lowest BCUT2D eigenvalue weighted by Gasteiger charge is -2.25. The Morgan fingerprint density at radius 2 is 1.91 bits per heavy atom. The molecule has 32 heavy (non-hydrogen) atoms. The van der Waals surface area contributed by atoms with Crippen LogP contribution >= 0.6 is 11.3 Å². The molecule has 1 aromatic carbocycles. The number of carbonyl (C=O) groups is 2. The lowest BCUT2D eigenvalue weighted by atomic mass is 10.1. The van der Waals surface area contributed by atoms with Gasteiger partial charge in [0.05, 0.1) is 18.5 Å². The van der Waals surface area contributed by atoms with Gasteiger partial charge in [-0.25, -0.2) is 9.59 Å². The maximum Gasteiger partial charge on any atom is 0.410 e. The van der Waals surface area contributed by atoms with Crippen molar-refractivity contribution >= 4 is 33.6 Å². The number of hydrogen-bond acceptors (Lipinski definition) is 6. The number of carbonyl (C=O) groups excluding carboxylic acids is 2. The van der Waals surface area contributed by atoms with Gasteiger partial charge in [0.2, 0.25) is 5.91 Å². The summed E-state index contributed by atoms with van der Waals surface area (Å²) < 4.78 is 7.56. The summed E-state index contributed by atoms with van der Waals surface area (Å²) in [4.78, 5) is 53.2. The SMILES string of the molecule is CCOC(=O)N1CCc2c(sc3c2c(=O)n(CCc2ccccc2)c(=O)n3CC(N)=O)C1. The minimum atomic E-state index is -0.666. The van der Waals surface area contributed by atoms with Gasteiger partial charge in [0, 0.05) is 18.0 Å². The lowest BCUT2D eigenvalue weighted by molar-refractivity contribution is -0.118. The number of ether oxygens (including phenoxy) is 1. The largest absolute Gasteiger partial charge is 0.450 e. The minimum Gasteiger partial charge on any atom is -0.450 e. The molecule has 0 aliphatic carbocycles. The molecule has 3 heterocycles. The number of hydrogen-bond donors (Lipinski definition) is 1. The molecule has 0 saturated carbocycles. The van der Waals surface area contributed by atoms with E-state index < -0.39 is 17.7 Å². The van der Waals surface area contributed by atoms with Crippen LogP contribution < -0.4 is 17.0 Å². The molecular formula is C22H24N4O5S. The molecule has 2 amide bonds. The van der Waals surface area contributed by atoms with E-state index in [1.807, 2.05) is 30.3 Å². The molecule has 9 nitrogen and oxygen atoms in total. The van der Waals surface area contributed by atoms with Crippen molar-refractivity contribution in [2.45, 2.75) is 39.4 Å². The molecule has 0 saturated heterocycles. The summed E-state index contributed by atoms with van der Waals surface area (Å²) >= 11 is 1.25. The Labute approximate surface area is 187 Å². The molecule has 1 aliphatic heterocycles. The number of fused-ring (bicyclic) bond motifs is 3. The van der Waals surface area contributed by atoms with Gasteiger partial charge in [-0.1, -0.05) is 30.3 Å². The first-order valence-corrected chi connectivity index (χ1v) is 11.2. The Kier molecular flexibility index (Phi) is 6.13. The number of rotatable bonds is 6. The van der Waals surface area contributed by atoms with Crippen molar-refractivity contribution in [3.05, 3.63) is 67.2 Å². The molecule has 0 unspecified atom stereocenters. The van der Waals surface area contributed by atoms with E-state index in [9.17, 15) is 19.2 Å². The van der Waals surface area contributed by atoms with Crippen molar-refractivity contribution in [1.82, 2.24) is 14.0 Å². The van der Waals surface area contributed by atoms with Gasteiger partial charge in [-0.15, -0.1) is 11.3 Å². The molecule has 0 atom stereocenters. The monoisotopic (exact) mass is 456 g/mol. The quantitative estimate of drug-likeness (QED) is 0.603. The molecule has 0 radical (unpaired) electrons. The molecule has 4 rings (SSSR count). The van der Waals surface area contributed by atoms with Crippen molar-refractivity contribution in [1.29, 1.82) is 0 Å². The number of nitrogens with two attached hydrogens (primary N) is 1. The standard InChI is InChI=1S/C22H24N4O5S/c1-2-31-22(30)24-10-9-15-16(12-24)32-20-18(15)19(28)25(21(29)26(20)13-17(23)27)11-8-14-6-4-3-5-7-14/h3-7H,2,8-13H2,1H3,(H2,23,27). The first-order valence-electron chi connectivity index (χ1n) is 10.4. The number of aryl methyl sites for hydroxylation is 1. The first-order chi connectivity index (χ1) is 15.4. The summed E-state index contributed by atoms with van der Waals surface area (Å²) in [6.07, 6.45) is 0.558. The normalized spacial score (nSPS) is 13.2. The van der Waals surface area contributed by atoms with Gasteiger partial charge in [-0.2, -0.15) is 0 Å². The topological polar surface area (TPSA) is 117 Å². The van der Waals surface area contributed by atoms with Crippen LogP contribution in [0.15, 0.2) is 39.9 Å². The molecule has 0 spiro atoms. The number of aromatic nitrogens is 2. The zero-order valence-electron chi connectivity index (χ0n) is 17.7. The zero-order valence-corrected chi connectivity index (χ0v) is 18.5. The third-order valence-corrected chi connectivity index (χ3v) is 6.75. The van der Waals surface area contributed by atoms with Gasteiger partial charge in [0.25, 0.3) is 5.56 Å². The van der Waals surface area contributed by atoms with Crippen molar-refractivity contribution < 1.29 is 14.3 Å². The second kappa shape index (κ2) is 8.99. The number of benzene rings is 1. The average molecular weight is 457 g/mol. The number of thiophene rings is 1. The Hall–Kier alpha value is -3.40. The Balaban J connectivity index is 1.81. The highest BCUT2D eigenvalue weighted by atomic mass is 32.1. The molecule has 168 valence electrons. The summed E-state index contributed by atoms with van der Waals surface area (Å²) in [6, 6.07) is 9.57. The number of nitrogens with zero attached hydrogens (tertiary/aromatic N) is 3. The third-order valence-electron chi connectivity index (χ3n) is 5.51. The minimum absolute atomic E-state index is 0.190. The van der Waals surface area contributed by atoms with Gasteiger partial charge < -0.3 is 15.4 Å². The van der Waals surface area contributed by atoms with Crippen LogP contribution in [0.5, 0.6) is 0 Å². The fourth-order valence-electron chi connectivity index (χ4n) is 4.00. The van der Waals surface area contributed by atoms with E-state index in [4.69, 9.17) is 10.5 Å². The summed E-state index contributed by atoms with van der Waals surface area (Å²) in [5.74, 6) is -0.666. The predicted octanol–water partition coefficient (Wildman–Crippen LogP) is 1.47. The summed E-state index contributed by atoms with van der Waals surface area (Å²) in [5.41, 5.74) is 6.29. The third kappa shape index (κ3) is 4.05. The van der Waals surface area contributed by atoms with Crippen molar-refractivity contribution in [2.24, 2.45) is 5.73 Å². The van der Waals surface area contributed by atoms with E-state index in [2.05, 4.69) is 0 Å². The highest BCUT2D eigenvalue weighted by Crippen LogP contribution is 2.33. The van der Waals surface area contributed by atoms with Gasteiger partial charge in [0.15, 0.2) is 0 Å². The molecule has 1 aliphatic rings. The molecule has 10 heteroatoms. The van der Waals surface area contributed by atoms with Gasteiger partial charge in [0.1, 0.15) is 11.4 Å². The smallest absolute Gasteiger partial charge is 0.410 e. The van der Waals surface area contributed by atoms with E-state index >= 15 is 0 Å². The second-order valence-electron chi connectivity index (χ2n) is 7.58.